The van der Waals surface area contributed by atoms with Crippen LogP contribution in [0.15, 0.2) is 23.8 Å². The Morgan fingerprint density at radius 1 is 1.28 bits per heavy atom. The first-order valence-corrected chi connectivity index (χ1v) is 12.3. The van der Waals surface area contributed by atoms with Gasteiger partial charge in [0.1, 0.15) is 12.4 Å². The Balaban J connectivity index is 1.85. The zero-order valence-electron chi connectivity index (χ0n) is 19.0. The van der Waals surface area contributed by atoms with Crippen molar-refractivity contribution >= 4 is 39.2 Å². The van der Waals surface area contributed by atoms with E-state index in [-0.39, 0.29) is 52.9 Å². The quantitative estimate of drug-likeness (QED) is 0.463. The minimum Gasteiger partial charge on any atom is -0.450 e. The molecule has 7 heteroatoms. The minimum atomic E-state index is -1.53. The summed E-state index contributed by atoms with van der Waals surface area (Å²) in [5, 5.41) is 9.86. The van der Waals surface area contributed by atoms with Gasteiger partial charge in [0.15, 0.2) is 11.4 Å². The van der Waals surface area contributed by atoms with Crippen LogP contribution in [0.1, 0.15) is 53.4 Å². The molecular formula is C25H31BrO6. The lowest BCUT2D eigenvalue weighted by Gasteiger charge is -2.58. The van der Waals surface area contributed by atoms with E-state index in [2.05, 4.69) is 15.9 Å². The molecule has 4 aliphatic carbocycles. The van der Waals surface area contributed by atoms with Gasteiger partial charge in [-0.25, -0.2) is 0 Å². The van der Waals surface area contributed by atoms with Crippen molar-refractivity contribution in [2.45, 2.75) is 63.8 Å². The van der Waals surface area contributed by atoms with Crippen molar-refractivity contribution in [1.29, 1.82) is 0 Å². The number of fused-ring (bicyclic) bond motifs is 5. The highest BCUT2D eigenvalue weighted by Gasteiger charge is 2.73. The number of carbonyl (C=O) groups is 4. The highest BCUT2D eigenvalue weighted by atomic mass is 79.9. The van der Waals surface area contributed by atoms with Crippen LogP contribution in [0.3, 0.4) is 0 Å². The van der Waals surface area contributed by atoms with Gasteiger partial charge in [0.05, 0.1) is 0 Å². The number of aliphatic hydroxyl groups is 1. The first-order valence-electron chi connectivity index (χ1n) is 11.4. The van der Waals surface area contributed by atoms with Gasteiger partial charge in [-0.15, -0.1) is 0 Å². The van der Waals surface area contributed by atoms with E-state index in [1.807, 2.05) is 26.8 Å². The summed E-state index contributed by atoms with van der Waals surface area (Å²) < 4.78 is 5.91. The standard InChI is InChI=1S/C25H31BrO6/c1-5-20(31)32-25(19(30)12-27)13(2)8-16-21-17(26)10-14-9-15(28)6-7-23(14,3)22(21)18(29)11-24(16,25)4/h6-7,9,13,16-17,21-22,27H,5,8,10-12H2,1-4H3/t13?,16-,17?,21+,22-,23-,24-,25-/m0/s1. The molecule has 0 aromatic carbocycles. The van der Waals surface area contributed by atoms with E-state index in [0.29, 0.717) is 12.8 Å². The molecule has 4 rings (SSSR count). The van der Waals surface area contributed by atoms with E-state index in [1.54, 1.807) is 19.1 Å². The smallest absolute Gasteiger partial charge is 0.306 e. The minimum absolute atomic E-state index is 0.0158. The van der Waals surface area contributed by atoms with Crippen LogP contribution in [0.4, 0.5) is 0 Å². The number of aliphatic hydroxyl groups excluding tert-OH is 1. The molecule has 0 radical (unpaired) electrons. The van der Waals surface area contributed by atoms with Crippen LogP contribution in [0, 0.1) is 34.5 Å². The molecule has 0 aromatic heterocycles. The number of esters is 1. The fourth-order valence-electron chi connectivity index (χ4n) is 7.51. The molecule has 174 valence electrons. The van der Waals surface area contributed by atoms with Crippen molar-refractivity contribution in [2.75, 3.05) is 6.61 Å². The number of hydrogen-bond acceptors (Lipinski definition) is 6. The van der Waals surface area contributed by atoms with Crippen LogP contribution in [-0.4, -0.2) is 45.5 Å². The molecule has 2 unspecified atom stereocenters. The molecule has 0 bridgehead atoms. The number of alkyl halides is 1. The Morgan fingerprint density at radius 3 is 2.59 bits per heavy atom. The first-order chi connectivity index (χ1) is 15.0. The topological polar surface area (TPSA) is 97.7 Å². The van der Waals surface area contributed by atoms with Crippen LogP contribution in [0.25, 0.3) is 0 Å². The number of ether oxygens (including phenoxy) is 1. The van der Waals surface area contributed by atoms with E-state index in [0.717, 1.165) is 5.57 Å². The van der Waals surface area contributed by atoms with Gasteiger partial charge < -0.3 is 9.84 Å². The van der Waals surface area contributed by atoms with E-state index < -0.39 is 34.8 Å². The van der Waals surface area contributed by atoms with E-state index in [4.69, 9.17) is 4.74 Å². The van der Waals surface area contributed by atoms with Gasteiger partial charge in [-0.1, -0.05) is 55.3 Å². The van der Waals surface area contributed by atoms with Gasteiger partial charge in [-0.2, -0.15) is 0 Å². The summed E-state index contributed by atoms with van der Waals surface area (Å²) in [4.78, 5) is 51.5. The molecule has 0 aliphatic heterocycles. The van der Waals surface area contributed by atoms with Crippen LogP contribution in [0.2, 0.25) is 0 Å². The molecule has 0 heterocycles. The predicted molar refractivity (Wildman–Crippen MR) is 121 cm³/mol. The van der Waals surface area contributed by atoms with Crippen LogP contribution < -0.4 is 0 Å². The predicted octanol–water partition coefficient (Wildman–Crippen LogP) is 3.35. The second-order valence-corrected chi connectivity index (χ2v) is 11.6. The number of hydrogen-bond donors (Lipinski definition) is 1. The Labute approximate surface area is 197 Å². The SMILES string of the molecule is CCC(=O)O[C@]1(C(=O)CO)C(C)C[C@H]2[C@@H]3C(Br)CC4=CC(=O)C=C[C@]4(C)[C@H]3C(=O)C[C@@]21C. The number of carbonyl (C=O) groups excluding carboxylic acids is 4. The average Bonchev–Trinajstić information content (AvgIpc) is 2.95. The van der Waals surface area contributed by atoms with Crippen LogP contribution in [-0.2, 0) is 23.9 Å². The number of rotatable bonds is 4. The molecule has 0 spiro atoms. The monoisotopic (exact) mass is 506 g/mol. The molecule has 0 aromatic rings. The summed E-state index contributed by atoms with van der Waals surface area (Å²) in [6, 6.07) is 0. The second kappa shape index (κ2) is 7.73. The number of ketones is 3. The largest absolute Gasteiger partial charge is 0.450 e. The summed E-state index contributed by atoms with van der Waals surface area (Å²) >= 11 is 3.83. The van der Waals surface area contributed by atoms with Gasteiger partial charge in [-0.05, 0) is 36.8 Å². The van der Waals surface area contributed by atoms with E-state index in [1.165, 1.54) is 0 Å². The highest BCUT2D eigenvalue weighted by Crippen LogP contribution is 2.69. The van der Waals surface area contributed by atoms with E-state index >= 15 is 0 Å². The molecule has 8 atom stereocenters. The number of halogens is 1. The highest BCUT2D eigenvalue weighted by molar-refractivity contribution is 9.09. The maximum absolute atomic E-state index is 13.8. The van der Waals surface area contributed by atoms with Crippen molar-refractivity contribution in [3.05, 3.63) is 23.8 Å². The van der Waals surface area contributed by atoms with Gasteiger partial charge in [-0.3, -0.25) is 19.2 Å². The molecule has 0 saturated heterocycles. The van der Waals surface area contributed by atoms with Crippen LogP contribution in [0.5, 0.6) is 0 Å². The molecule has 3 saturated carbocycles. The Morgan fingerprint density at radius 2 is 1.97 bits per heavy atom. The molecular weight excluding hydrogens is 476 g/mol. The zero-order valence-corrected chi connectivity index (χ0v) is 20.6. The maximum atomic E-state index is 13.8. The zero-order chi connectivity index (χ0) is 23.6. The average molecular weight is 507 g/mol. The second-order valence-electron chi connectivity index (χ2n) is 10.4. The van der Waals surface area contributed by atoms with Gasteiger partial charge in [0.2, 0.25) is 5.78 Å². The fraction of sp³-hybridized carbons (Fsp3) is 0.680. The van der Waals surface area contributed by atoms with Crippen molar-refractivity contribution in [1.82, 2.24) is 0 Å². The fourth-order valence-corrected chi connectivity index (χ4v) is 8.53. The van der Waals surface area contributed by atoms with Crippen molar-refractivity contribution in [3.8, 4) is 0 Å². The Bertz CT molecular complexity index is 952. The summed E-state index contributed by atoms with van der Waals surface area (Å²) in [7, 11) is 0. The third-order valence-electron chi connectivity index (χ3n) is 8.91. The van der Waals surface area contributed by atoms with Crippen LogP contribution >= 0.6 is 15.9 Å². The molecule has 1 N–H and O–H groups in total. The third kappa shape index (κ3) is 2.92. The number of allylic oxidation sites excluding steroid dienone is 4. The Kier molecular flexibility index (Phi) is 5.69. The molecule has 6 nitrogen and oxygen atoms in total. The van der Waals surface area contributed by atoms with Crippen molar-refractivity contribution < 1.29 is 29.0 Å². The lowest BCUT2D eigenvalue weighted by atomic mass is 9.46. The van der Waals surface area contributed by atoms with Crippen molar-refractivity contribution in [2.24, 2.45) is 34.5 Å². The summed E-state index contributed by atoms with van der Waals surface area (Å²) in [6.07, 6.45) is 6.55. The van der Waals surface area contributed by atoms with Gasteiger partial charge >= 0.3 is 5.97 Å². The number of Topliss-reactive ketones (excluding diaryl/α,β-unsaturated/α-hetero) is 2. The lowest BCUT2D eigenvalue weighted by molar-refractivity contribution is -0.196. The molecule has 4 aliphatic rings. The summed E-state index contributed by atoms with van der Waals surface area (Å²) in [5.74, 6) is -1.87. The Hall–Kier alpha value is -1.60. The molecule has 3 fully saturated rings. The van der Waals surface area contributed by atoms with Crippen molar-refractivity contribution in [3.63, 3.8) is 0 Å². The molecule has 0 amide bonds. The first kappa shape index (κ1) is 23.6. The van der Waals surface area contributed by atoms with Gasteiger partial charge in [0, 0.05) is 40.3 Å². The lowest BCUT2D eigenvalue weighted by Crippen LogP contribution is -2.64. The molecule has 32 heavy (non-hydrogen) atoms. The summed E-state index contributed by atoms with van der Waals surface area (Å²) in [5.41, 5.74) is -2.02. The normalized spacial score (nSPS) is 44.9. The van der Waals surface area contributed by atoms with E-state index in [9.17, 15) is 24.3 Å². The third-order valence-corrected chi connectivity index (χ3v) is 9.84. The maximum Gasteiger partial charge on any atom is 0.306 e. The van der Waals surface area contributed by atoms with Gasteiger partial charge in [0.25, 0.3) is 0 Å². The summed E-state index contributed by atoms with van der Waals surface area (Å²) in [6.45, 7) is 6.74.